The molecule has 2 aromatic rings. The molecule has 0 atom stereocenters. The van der Waals surface area contributed by atoms with Gasteiger partial charge in [0.05, 0.1) is 24.3 Å². The number of hydrogen-bond acceptors (Lipinski definition) is 7. The van der Waals surface area contributed by atoms with Crippen LogP contribution >= 0.6 is 11.3 Å². The van der Waals surface area contributed by atoms with Crippen LogP contribution in [0.4, 0.5) is 5.13 Å². The first kappa shape index (κ1) is 19.7. The van der Waals surface area contributed by atoms with Crippen LogP contribution in [0.5, 0.6) is 0 Å². The molecule has 3 amide bonds. The molecule has 2 aliphatic rings. The Morgan fingerprint density at radius 3 is 2.66 bits per heavy atom. The van der Waals surface area contributed by atoms with Gasteiger partial charge in [0.1, 0.15) is 0 Å². The second-order valence-corrected chi connectivity index (χ2v) is 8.29. The molecule has 8 nitrogen and oxygen atoms in total. The fraction of sp³-hybridized carbons (Fsp3) is 0.400. The Labute approximate surface area is 172 Å². The van der Waals surface area contributed by atoms with E-state index in [0.717, 1.165) is 37.7 Å². The Morgan fingerprint density at radius 1 is 1.17 bits per heavy atom. The molecule has 1 aromatic heterocycles. The summed E-state index contributed by atoms with van der Waals surface area (Å²) in [6.45, 7) is 6.27. The molecule has 0 radical (unpaired) electrons. The lowest BCUT2D eigenvalue weighted by atomic mass is 10.1. The highest BCUT2D eigenvalue weighted by atomic mass is 32.1. The van der Waals surface area contributed by atoms with Gasteiger partial charge in [-0.1, -0.05) is 0 Å². The molecule has 9 heteroatoms. The number of nitrogens with zero attached hydrogens (tertiary/aromatic N) is 3. The average Bonchev–Trinajstić information content (AvgIpc) is 3.24. The zero-order valence-electron chi connectivity index (χ0n) is 16.1. The third-order valence-corrected chi connectivity index (χ3v) is 5.86. The van der Waals surface area contributed by atoms with Crippen LogP contribution in [0.2, 0.25) is 0 Å². The predicted molar refractivity (Wildman–Crippen MR) is 108 cm³/mol. The number of thiazole rings is 1. The molecule has 0 spiro atoms. The van der Waals surface area contributed by atoms with E-state index in [0.29, 0.717) is 29.2 Å². The number of carbonyl (C=O) groups excluding carboxylic acids is 3. The smallest absolute Gasteiger partial charge is 0.261 e. The van der Waals surface area contributed by atoms with E-state index in [-0.39, 0.29) is 23.3 Å². The van der Waals surface area contributed by atoms with E-state index in [1.807, 2.05) is 6.92 Å². The van der Waals surface area contributed by atoms with Crippen molar-refractivity contribution in [2.24, 2.45) is 0 Å². The fourth-order valence-corrected chi connectivity index (χ4v) is 4.15. The van der Waals surface area contributed by atoms with Crippen molar-refractivity contribution in [1.29, 1.82) is 0 Å². The SMILES string of the molecule is Cc1cnc(NC(=O)c2ccc3c(c2)C(=O)N(CCCN2CCOCC2)C3=O)s1. The molecule has 0 bridgehead atoms. The first-order valence-corrected chi connectivity index (χ1v) is 10.4. The molecule has 0 unspecified atom stereocenters. The van der Waals surface area contributed by atoms with Crippen LogP contribution in [-0.4, -0.2) is 71.9 Å². The van der Waals surface area contributed by atoms with Crippen molar-refractivity contribution in [2.45, 2.75) is 13.3 Å². The third kappa shape index (κ3) is 4.21. The number of ether oxygens (including phenoxy) is 1. The minimum Gasteiger partial charge on any atom is -0.379 e. The Kier molecular flexibility index (Phi) is 5.70. The summed E-state index contributed by atoms with van der Waals surface area (Å²) in [7, 11) is 0. The molecule has 152 valence electrons. The molecular weight excluding hydrogens is 392 g/mol. The van der Waals surface area contributed by atoms with Crippen molar-refractivity contribution in [3.05, 3.63) is 46.0 Å². The van der Waals surface area contributed by atoms with Crippen LogP contribution in [0.15, 0.2) is 24.4 Å². The van der Waals surface area contributed by atoms with Gasteiger partial charge in [-0.3, -0.25) is 29.5 Å². The molecule has 1 N–H and O–H groups in total. The van der Waals surface area contributed by atoms with E-state index in [1.54, 1.807) is 18.3 Å². The maximum Gasteiger partial charge on any atom is 0.261 e. The molecule has 29 heavy (non-hydrogen) atoms. The quantitative estimate of drug-likeness (QED) is 0.727. The standard InChI is InChI=1S/C20H22N4O4S/c1-13-12-21-20(29-13)22-17(25)14-3-4-15-16(11-14)19(27)24(18(15)26)6-2-5-23-7-9-28-10-8-23/h3-4,11-12H,2,5-10H2,1H3,(H,21,22,25). The summed E-state index contributed by atoms with van der Waals surface area (Å²) < 4.78 is 5.33. The minimum atomic E-state index is -0.354. The maximum absolute atomic E-state index is 12.8. The van der Waals surface area contributed by atoms with Crippen molar-refractivity contribution in [1.82, 2.24) is 14.8 Å². The molecule has 4 rings (SSSR count). The summed E-state index contributed by atoms with van der Waals surface area (Å²) in [5, 5.41) is 3.22. The van der Waals surface area contributed by atoms with E-state index in [9.17, 15) is 14.4 Å². The zero-order valence-corrected chi connectivity index (χ0v) is 17.0. The molecule has 1 saturated heterocycles. The van der Waals surface area contributed by atoms with Gasteiger partial charge in [-0.25, -0.2) is 4.98 Å². The second kappa shape index (κ2) is 8.40. The minimum absolute atomic E-state index is 0.282. The van der Waals surface area contributed by atoms with E-state index < -0.39 is 0 Å². The number of imide groups is 1. The highest BCUT2D eigenvalue weighted by molar-refractivity contribution is 7.15. The first-order chi connectivity index (χ1) is 14.0. The molecule has 3 heterocycles. The normalized spacial score (nSPS) is 16.9. The van der Waals surface area contributed by atoms with Crippen molar-refractivity contribution in [3.8, 4) is 0 Å². The molecule has 0 aliphatic carbocycles. The van der Waals surface area contributed by atoms with Crippen molar-refractivity contribution >= 4 is 34.2 Å². The molecule has 0 saturated carbocycles. The number of nitrogens with one attached hydrogen (secondary N) is 1. The number of anilines is 1. The van der Waals surface area contributed by atoms with Crippen LogP contribution in [-0.2, 0) is 4.74 Å². The van der Waals surface area contributed by atoms with E-state index in [1.165, 1.54) is 22.3 Å². The van der Waals surface area contributed by atoms with E-state index >= 15 is 0 Å². The summed E-state index contributed by atoms with van der Waals surface area (Å²) in [6.07, 6.45) is 2.39. The number of rotatable bonds is 6. The lowest BCUT2D eigenvalue weighted by Crippen LogP contribution is -2.39. The monoisotopic (exact) mass is 414 g/mol. The molecule has 1 aromatic carbocycles. The largest absolute Gasteiger partial charge is 0.379 e. The average molecular weight is 414 g/mol. The van der Waals surface area contributed by atoms with Crippen LogP contribution in [0.3, 0.4) is 0 Å². The Hall–Kier alpha value is -2.62. The Bertz CT molecular complexity index is 952. The number of benzene rings is 1. The highest BCUT2D eigenvalue weighted by Gasteiger charge is 2.35. The molecular formula is C20H22N4O4S. The van der Waals surface area contributed by atoms with Crippen LogP contribution in [0.1, 0.15) is 42.4 Å². The first-order valence-electron chi connectivity index (χ1n) is 9.57. The topological polar surface area (TPSA) is 91.8 Å². The lowest BCUT2D eigenvalue weighted by Gasteiger charge is -2.27. The number of fused-ring (bicyclic) bond motifs is 1. The summed E-state index contributed by atoms with van der Waals surface area (Å²) >= 11 is 1.37. The van der Waals surface area contributed by atoms with Crippen LogP contribution in [0, 0.1) is 6.92 Å². The Balaban J connectivity index is 1.41. The number of aromatic nitrogens is 1. The number of morpholine rings is 1. The number of hydrogen-bond donors (Lipinski definition) is 1. The van der Waals surface area contributed by atoms with Gasteiger partial charge in [-0.2, -0.15) is 0 Å². The number of amides is 3. The summed E-state index contributed by atoms with van der Waals surface area (Å²) in [5.74, 6) is -0.991. The zero-order chi connectivity index (χ0) is 20.4. The van der Waals surface area contributed by atoms with Crippen LogP contribution in [0.25, 0.3) is 0 Å². The summed E-state index contributed by atoms with van der Waals surface area (Å²) in [6, 6.07) is 4.62. The van der Waals surface area contributed by atoms with Gasteiger partial charge in [0.25, 0.3) is 17.7 Å². The number of carbonyl (C=O) groups is 3. The van der Waals surface area contributed by atoms with E-state index in [2.05, 4.69) is 15.2 Å². The van der Waals surface area contributed by atoms with Gasteiger partial charge in [0.15, 0.2) is 5.13 Å². The highest BCUT2D eigenvalue weighted by Crippen LogP contribution is 2.25. The van der Waals surface area contributed by atoms with Gasteiger partial charge in [0.2, 0.25) is 0 Å². The third-order valence-electron chi connectivity index (χ3n) is 5.03. The van der Waals surface area contributed by atoms with Gasteiger partial charge in [-0.05, 0) is 31.5 Å². The Morgan fingerprint density at radius 2 is 1.93 bits per heavy atom. The second-order valence-electron chi connectivity index (χ2n) is 7.06. The summed E-state index contributed by atoms with van der Waals surface area (Å²) in [5.41, 5.74) is 0.959. The van der Waals surface area contributed by atoms with Crippen molar-refractivity contribution in [3.63, 3.8) is 0 Å². The van der Waals surface area contributed by atoms with Gasteiger partial charge < -0.3 is 4.74 Å². The summed E-state index contributed by atoms with van der Waals surface area (Å²) in [4.78, 5) is 46.5. The number of aryl methyl sites for hydroxylation is 1. The molecule has 2 aliphatic heterocycles. The van der Waals surface area contributed by atoms with Crippen molar-refractivity contribution < 1.29 is 19.1 Å². The predicted octanol–water partition coefficient (Wildman–Crippen LogP) is 2.02. The fourth-order valence-electron chi connectivity index (χ4n) is 3.49. The van der Waals surface area contributed by atoms with Gasteiger partial charge >= 0.3 is 0 Å². The maximum atomic E-state index is 12.8. The van der Waals surface area contributed by atoms with Gasteiger partial charge in [-0.15, -0.1) is 11.3 Å². The van der Waals surface area contributed by atoms with Crippen molar-refractivity contribution in [2.75, 3.05) is 44.7 Å². The van der Waals surface area contributed by atoms with Gasteiger partial charge in [0, 0.05) is 42.8 Å². The van der Waals surface area contributed by atoms with E-state index in [4.69, 9.17) is 4.74 Å². The lowest BCUT2D eigenvalue weighted by molar-refractivity contribution is 0.0355. The molecule has 1 fully saturated rings. The van der Waals surface area contributed by atoms with Crippen LogP contribution < -0.4 is 5.32 Å².